The number of hydrogen-bond acceptors (Lipinski definition) is 7. The maximum atomic E-state index is 13.7. The van der Waals surface area contributed by atoms with E-state index in [0.717, 1.165) is 12.1 Å². The average Bonchev–Trinajstić information content (AvgIpc) is 2.65. The van der Waals surface area contributed by atoms with E-state index >= 15 is 0 Å². The van der Waals surface area contributed by atoms with Gasteiger partial charge >= 0.3 is 5.97 Å². The molecule has 0 atom stereocenters. The van der Waals surface area contributed by atoms with Gasteiger partial charge in [-0.3, -0.25) is 10.1 Å². The number of carbonyl (C=O) groups excluding carboxylic acids is 1. The number of nitrogens with zero attached hydrogens (tertiary/aromatic N) is 1. The fourth-order valence-electron chi connectivity index (χ4n) is 2.42. The summed E-state index contributed by atoms with van der Waals surface area (Å²) in [5.41, 5.74) is -0.356. The molecule has 0 radical (unpaired) electrons. The molecule has 0 amide bonds. The summed E-state index contributed by atoms with van der Waals surface area (Å²) in [5, 5.41) is 11.2. The minimum absolute atomic E-state index is 0.0579. The molecule has 0 N–H and O–H groups in total. The molecule has 3 rings (SSSR count). The third-order valence-electron chi connectivity index (χ3n) is 3.66. The van der Waals surface area contributed by atoms with Crippen molar-refractivity contribution in [3.63, 3.8) is 0 Å². The first kappa shape index (κ1) is 17.5. The summed E-state index contributed by atoms with van der Waals surface area (Å²) in [4.78, 5) is 22.8. The van der Waals surface area contributed by atoms with Crippen molar-refractivity contribution >= 4 is 11.7 Å². The van der Waals surface area contributed by atoms with Crippen LogP contribution in [0.2, 0.25) is 0 Å². The molecule has 0 aliphatic carbocycles. The molecule has 26 heavy (non-hydrogen) atoms. The van der Waals surface area contributed by atoms with Crippen molar-refractivity contribution < 1.29 is 33.1 Å². The number of esters is 1. The van der Waals surface area contributed by atoms with Gasteiger partial charge in [-0.05, 0) is 17.7 Å². The molecule has 0 saturated carbocycles. The van der Waals surface area contributed by atoms with Crippen molar-refractivity contribution in [1.82, 2.24) is 0 Å². The highest BCUT2D eigenvalue weighted by Gasteiger charge is 2.27. The van der Waals surface area contributed by atoms with Crippen molar-refractivity contribution in [1.29, 1.82) is 0 Å². The van der Waals surface area contributed by atoms with Crippen molar-refractivity contribution in [3.05, 3.63) is 57.4 Å². The van der Waals surface area contributed by atoms with E-state index in [1.165, 1.54) is 25.3 Å². The van der Waals surface area contributed by atoms with Crippen LogP contribution in [0.1, 0.15) is 15.9 Å². The number of benzene rings is 2. The maximum absolute atomic E-state index is 13.7. The lowest BCUT2D eigenvalue weighted by molar-refractivity contribution is -0.385. The van der Waals surface area contributed by atoms with Crippen LogP contribution in [0, 0.1) is 15.9 Å². The Labute approximate surface area is 147 Å². The van der Waals surface area contributed by atoms with Gasteiger partial charge in [0.05, 0.1) is 18.1 Å². The molecule has 2 aromatic carbocycles. The van der Waals surface area contributed by atoms with Gasteiger partial charge in [-0.1, -0.05) is 6.07 Å². The Bertz CT molecular complexity index is 868. The van der Waals surface area contributed by atoms with Crippen LogP contribution >= 0.6 is 0 Å². The topological polar surface area (TPSA) is 97.1 Å². The molecule has 136 valence electrons. The van der Waals surface area contributed by atoms with Crippen molar-refractivity contribution in [2.45, 2.75) is 6.61 Å². The van der Waals surface area contributed by atoms with Gasteiger partial charge in [0.1, 0.15) is 25.4 Å². The van der Waals surface area contributed by atoms with Crippen LogP contribution in [0.5, 0.6) is 17.2 Å². The van der Waals surface area contributed by atoms with E-state index in [-0.39, 0.29) is 42.6 Å². The monoisotopic (exact) mass is 363 g/mol. The first-order chi connectivity index (χ1) is 12.5. The van der Waals surface area contributed by atoms with Crippen LogP contribution in [0.3, 0.4) is 0 Å². The van der Waals surface area contributed by atoms with E-state index in [0.29, 0.717) is 5.56 Å². The molecular formula is C17H14FNO7. The van der Waals surface area contributed by atoms with Crippen LogP contribution in [0.25, 0.3) is 0 Å². The van der Waals surface area contributed by atoms with Gasteiger partial charge in [0.2, 0.25) is 0 Å². The average molecular weight is 363 g/mol. The zero-order chi connectivity index (χ0) is 18.7. The number of nitro benzene ring substituents is 1. The standard InChI is InChI=1S/C17H14FNO7/c1-23-14-3-2-10(6-12(14)18)9-26-17(20)11-7-15-16(25-5-4-24-15)8-13(11)19(21)22/h2-3,6-8H,4-5,9H2,1H3. The van der Waals surface area contributed by atoms with Crippen molar-refractivity contribution in [2.24, 2.45) is 0 Å². The molecule has 1 aliphatic heterocycles. The summed E-state index contributed by atoms with van der Waals surface area (Å²) >= 11 is 0. The van der Waals surface area contributed by atoms with Gasteiger partial charge in [-0.2, -0.15) is 0 Å². The van der Waals surface area contributed by atoms with Gasteiger partial charge in [0.25, 0.3) is 5.69 Å². The Morgan fingerprint density at radius 2 is 1.92 bits per heavy atom. The minimum Gasteiger partial charge on any atom is -0.494 e. The third-order valence-corrected chi connectivity index (χ3v) is 3.66. The Morgan fingerprint density at radius 1 is 1.23 bits per heavy atom. The molecule has 0 saturated heterocycles. The zero-order valence-electron chi connectivity index (χ0n) is 13.7. The zero-order valence-corrected chi connectivity index (χ0v) is 13.7. The predicted molar refractivity (Wildman–Crippen MR) is 86.2 cm³/mol. The second kappa shape index (κ2) is 7.26. The summed E-state index contributed by atoms with van der Waals surface area (Å²) in [6.45, 7) is 0.271. The quantitative estimate of drug-likeness (QED) is 0.458. The van der Waals surface area contributed by atoms with E-state index in [9.17, 15) is 19.3 Å². The SMILES string of the molecule is COc1ccc(COC(=O)c2cc3c(cc2[N+](=O)[O-])OCCO3)cc1F. The second-order valence-electron chi connectivity index (χ2n) is 5.32. The number of ether oxygens (including phenoxy) is 4. The second-order valence-corrected chi connectivity index (χ2v) is 5.32. The largest absolute Gasteiger partial charge is 0.494 e. The van der Waals surface area contributed by atoms with Crippen molar-refractivity contribution in [3.8, 4) is 17.2 Å². The van der Waals surface area contributed by atoms with Gasteiger partial charge in [-0.25, -0.2) is 9.18 Å². The third kappa shape index (κ3) is 3.51. The van der Waals surface area contributed by atoms with Crippen LogP contribution in [0.15, 0.2) is 30.3 Å². The summed E-state index contributed by atoms with van der Waals surface area (Å²) in [5.74, 6) is -1.06. The van der Waals surface area contributed by atoms with Gasteiger partial charge in [-0.15, -0.1) is 0 Å². The molecule has 9 heteroatoms. The molecule has 8 nitrogen and oxygen atoms in total. The summed E-state index contributed by atoms with van der Waals surface area (Å²) < 4.78 is 34.2. The van der Waals surface area contributed by atoms with Gasteiger partial charge < -0.3 is 18.9 Å². The number of rotatable bonds is 5. The highest BCUT2D eigenvalue weighted by atomic mass is 19.1. The lowest BCUT2D eigenvalue weighted by atomic mass is 10.1. The van der Waals surface area contributed by atoms with E-state index in [2.05, 4.69) is 0 Å². The molecule has 2 aromatic rings. The molecule has 1 heterocycles. The van der Waals surface area contributed by atoms with Crippen LogP contribution < -0.4 is 14.2 Å². The fourth-order valence-corrected chi connectivity index (χ4v) is 2.42. The van der Waals surface area contributed by atoms with Crippen LogP contribution in [0.4, 0.5) is 10.1 Å². The summed E-state index contributed by atoms with van der Waals surface area (Å²) in [6.07, 6.45) is 0. The van der Waals surface area contributed by atoms with E-state index in [1.807, 2.05) is 0 Å². The van der Waals surface area contributed by atoms with E-state index in [1.54, 1.807) is 0 Å². The lowest BCUT2D eigenvalue weighted by Crippen LogP contribution is -2.17. The number of carbonyl (C=O) groups is 1. The maximum Gasteiger partial charge on any atom is 0.345 e. The Balaban J connectivity index is 1.81. The minimum atomic E-state index is -0.926. The van der Waals surface area contributed by atoms with Crippen molar-refractivity contribution in [2.75, 3.05) is 20.3 Å². The molecule has 1 aliphatic rings. The number of methoxy groups -OCH3 is 1. The normalized spacial score (nSPS) is 12.4. The fraction of sp³-hybridized carbons (Fsp3) is 0.235. The predicted octanol–water partition coefficient (Wildman–Crippen LogP) is 2.87. The number of hydrogen-bond donors (Lipinski definition) is 0. The van der Waals surface area contributed by atoms with Gasteiger partial charge in [0, 0.05) is 6.07 Å². The Hall–Kier alpha value is -3.36. The van der Waals surface area contributed by atoms with E-state index < -0.39 is 22.4 Å². The van der Waals surface area contributed by atoms with Crippen LogP contribution in [-0.4, -0.2) is 31.2 Å². The lowest BCUT2D eigenvalue weighted by Gasteiger charge is -2.18. The number of fused-ring (bicyclic) bond motifs is 1. The highest BCUT2D eigenvalue weighted by molar-refractivity contribution is 5.95. The summed E-state index contributed by atoms with van der Waals surface area (Å²) in [7, 11) is 1.33. The van der Waals surface area contributed by atoms with Gasteiger partial charge in [0.15, 0.2) is 23.1 Å². The molecule has 0 bridgehead atoms. The molecule has 0 spiro atoms. The first-order valence-corrected chi connectivity index (χ1v) is 7.57. The molecule has 0 fully saturated rings. The van der Waals surface area contributed by atoms with Crippen LogP contribution in [-0.2, 0) is 11.3 Å². The smallest absolute Gasteiger partial charge is 0.345 e. The highest BCUT2D eigenvalue weighted by Crippen LogP contribution is 2.37. The first-order valence-electron chi connectivity index (χ1n) is 7.57. The molecule has 0 unspecified atom stereocenters. The molecular weight excluding hydrogens is 349 g/mol. The number of halogens is 1. The summed E-state index contributed by atoms with van der Waals surface area (Å²) in [6, 6.07) is 6.41. The molecule has 0 aromatic heterocycles. The number of nitro groups is 1. The Kier molecular flexibility index (Phi) is 4.87. The van der Waals surface area contributed by atoms with E-state index in [4.69, 9.17) is 18.9 Å². The Morgan fingerprint density at radius 3 is 2.54 bits per heavy atom.